The number of benzene rings is 2. The van der Waals surface area contributed by atoms with Gasteiger partial charge in [-0.2, -0.15) is 13.4 Å². The molecule has 9 nitrogen and oxygen atoms in total. The van der Waals surface area contributed by atoms with Gasteiger partial charge in [0.15, 0.2) is 5.75 Å². The molecule has 0 saturated carbocycles. The van der Waals surface area contributed by atoms with Gasteiger partial charge in [0.1, 0.15) is 17.3 Å². The molecule has 158 valence electrons. The molecule has 5 N–H and O–H groups in total. The van der Waals surface area contributed by atoms with Crippen molar-refractivity contribution in [3.05, 3.63) is 53.7 Å². The maximum absolute atomic E-state index is 11.9. The van der Waals surface area contributed by atoms with Crippen LogP contribution >= 0.6 is 0 Å². The molecule has 1 aromatic heterocycles. The lowest BCUT2D eigenvalue weighted by atomic mass is 9.98. The lowest BCUT2D eigenvalue weighted by Crippen LogP contribution is -2.09. The summed E-state index contributed by atoms with van der Waals surface area (Å²) >= 11 is 0. The first-order chi connectivity index (χ1) is 14.2. The van der Waals surface area contributed by atoms with Crippen LogP contribution in [0.3, 0.4) is 0 Å². The summed E-state index contributed by atoms with van der Waals surface area (Å²) in [6.07, 6.45) is 2.79. The number of nitrogen functional groups attached to an aromatic ring is 2. The van der Waals surface area contributed by atoms with Crippen molar-refractivity contribution in [1.82, 2.24) is 9.97 Å². The Labute approximate surface area is 174 Å². The quantitative estimate of drug-likeness (QED) is 0.480. The Kier molecular flexibility index (Phi) is 5.97. The van der Waals surface area contributed by atoms with Crippen LogP contribution in [0.1, 0.15) is 18.1 Å². The molecule has 0 aliphatic carbocycles. The first-order valence-corrected chi connectivity index (χ1v) is 10.8. The minimum Gasteiger partial charge on any atom is -0.508 e. The zero-order valence-electron chi connectivity index (χ0n) is 16.5. The molecule has 0 fully saturated rings. The lowest BCUT2D eigenvalue weighted by Gasteiger charge is -2.17. The molecule has 0 amide bonds. The molecule has 0 aliphatic rings. The number of rotatable bonds is 7. The number of nitrogens with zero attached hydrogens (tertiary/aromatic N) is 2. The Bertz CT molecular complexity index is 1160. The van der Waals surface area contributed by atoms with Gasteiger partial charge in [-0.05, 0) is 42.3 Å². The number of anilines is 2. The fraction of sp³-hybridized carbons (Fsp3) is 0.200. The summed E-state index contributed by atoms with van der Waals surface area (Å²) in [6, 6.07) is 9.66. The van der Waals surface area contributed by atoms with Crippen LogP contribution in [0.5, 0.6) is 17.2 Å². The van der Waals surface area contributed by atoms with Crippen LogP contribution in [-0.2, 0) is 16.5 Å². The van der Waals surface area contributed by atoms with Crippen LogP contribution < -0.4 is 20.4 Å². The van der Waals surface area contributed by atoms with Crippen molar-refractivity contribution in [3.63, 3.8) is 0 Å². The summed E-state index contributed by atoms with van der Waals surface area (Å²) in [7, 11) is -3.82. The monoisotopic (exact) mass is 430 g/mol. The molecule has 2 aromatic carbocycles. The van der Waals surface area contributed by atoms with Crippen molar-refractivity contribution >= 4 is 21.9 Å². The van der Waals surface area contributed by atoms with Crippen LogP contribution in [0.15, 0.2) is 42.6 Å². The van der Waals surface area contributed by atoms with Gasteiger partial charge in [-0.25, -0.2) is 4.98 Å². The van der Waals surface area contributed by atoms with E-state index in [9.17, 15) is 13.5 Å². The number of ether oxygens (including phenoxy) is 1. The Morgan fingerprint density at radius 3 is 2.37 bits per heavy atom. The third-order valence-corrected chi connectivity index (χ3v) is 4.62. The fourth-order valence-electron chi connectivity index (χ4n) is 2.95. The minimum atomic E-state index is -3.82. The smallest absolute Gasteiger partial charge is 0.306 e. The van der Waals surface area contributed by atoms with Crippen LogP contribution in [0.2, 0.25) is 0 Å². The van der Waals surface area contributed by atoms with Crippen LogP contribution in [0, 0.1) is 0 Å². The topological polar surface area (TPSA) is 151 Å². The lowest BCUT2D eigenvalue weighted by molar-refractivity contribution is 0.340. The van der Waals surface area contributed by atoms with Gasteiger partial charge < -0.3 is 25.5 Å². The van der Waals surface area contributed by atoms with Gasteiger partial charge in [-0.3, -0.25) is 0 Å². The molecule has 1 heterocycles. The normalized spacial score (nSPS) is 11.3. The standard InChI is InChI=1S/C20H22N4O5S/c1-3-28-16-9-12(8-14-11-23-20(22)24-19(14)21)10-17(29-30(2,26)27)18(16)13-4-6-15(25)7-5-13/h4-7,9-11,25H,3,8H2,1-2H3,(H4,21,22,23,24). The zero-order chi connectivity index (χ0) is 21.9. The molecule has 10 heteroatoms. The number of aromatic hydroxyl groups is 1. The molecule has 0 unspecified atom stereocenters. The van der Waals surface area contributed by atoms with Gasteiger partial charge in [-0.15, -0.1) is 0 Å². The second kappa shape index (κ2) is 8.46. The average Bonchev–Trinajstić information content (AvgIpc) is 2.64. The van der Waals surface area contributed by atoms with E-state index in [1.165, 1.54) is 18.3 Å². The first kappa shape index (κ1) is 21.2. The molecule has 0 radical (unpaired) electrons. The highest BCUT2D eigenvalue weighted by molar-refractivity contribution is 7.86. The number of hydrogen-bond donors (Lipinski definition) is 3. The van der Waals surface area contributed by atoms with E-state index in [-0.39, 0.29) is 23.3 Å². The van der Waals surface area contributed by atoms with Gasteiger partial charge in [0.25, 0.3) is 0 Å². The number of phenols is 1. The summed E-state index contributed by atoms with van der Waals surface area (Å²) in [5.74, 6) is 0.898. The molecule has 3 rings (SSSR count). The van der Waals surface area contributed by atoms with Crippen LogP contribution in [0.25, 0.3) is 11.1 Å². The Hall–Kier alpha value is -3.53. The Morgan fingerprint density at radius 2 is 1.77 bits per heavy atom. The molecule has 30 heavy (non-hydrogen) atoms. The summed E-state index contributed by atoms with van der Waals surface area (Å²) in [5, 5.41) is 9.59. The largest absolute Gasteiger partial charge is 0.508 e. The first-order valence-electron chi connectivity index (χ1n) is 9.01. The highest BCUT2D eigenvalue weighted by Gasteiger charge is 2.20. The highest BCUT2D eigenvalue weighted by atomic mass is 32.2. The van der Waals surface area contributed by atoms with Crippen molar-refractivity contribution in [3.8, 4) is 28.4 Å². The second-order valence-corrected chi connectivity index (χ2v) is 8.12. The van der Waals surface area contributed by atoms with Crippen molar-refractivity contribution in [2.45, 2.75) is 13.3 Å². The van der Waals surface area contributed by atoms with Gasteiger partial charge >= 0.3 is 10.1 Å². The SMILES string of the molecule is CCOc1cc(Cc2cnc(N)nc2N)cc(OS(C)(=O)=O)c1-c1ccc(O)cc1. The summed E-state index contributed by atoms with van der Waals surface area (Å²) in [4.78, 5) is 7.90. The highest BCUT2D eigenvalue weighted by Crippen LogP contribution is 2.41. The zero-order valence-corrected chi connectivity index (χ0v) is 17.3. The minimum absolute atomic E-state index is 0.0648. The van der Waals surface area contributed by atoms with Crippen molar-refractivity contribution in [2.75, 3.05) is 24.3 Å². The van der Waals surface area contributed by atoms with E-state index in [0.717, 1.165) is 6.26 Å². The predicted molar refractivity (Wildman–Crippen MR) is 114 cm³/mol. The van der Waals surface area contributed by atoms with E-state index in [1.54, 1.807) is 24.3 Å². The van der Waals surface area contributed by atoms with E-state index in [2.05, 4.69) is 9.97 Å². The van der Waals surface area contributed by atoms with Crippen LogP contribution in [-0.4, -0.2) is 36.4 Å². The van der Waals surface area contributed by atoms with E-state index >= 15 is 0 Å². The maximum Gasteiger partial charge on any atom is 0.306 e. The van der Waals surface area contributed by atoms with Gasteiger partial charge in [0.2, 0.25) is 5.95 Å². The fourth-order valence-corrected chi connectivity index (χ4v) is 3.41. The van der Waals surface area contributed by atoms with E-state index in [0.29, 0.717) is 41.0 Å². The van der Waals surface area contributed by atoms with Gasteiger partial charge in [0.05, 0.1) is 18.4 Å². The summed E-state index contributed by atoms with van der Waals surface area (Å²) in [5.41, 5.74) is 13.8. The second-order valence-electron chi connectivity index (χ2n) is 6.55. The average molecular weight is 430 g/mol. The number of aromatic nitrogens is 2. The summed E-state index contributed by atoms with van der Waals surface area (Å²) in [6.45, 7) is 2.16. The molecular formula is C20H22N4O5S. The molecule has 0 saturated heterocycles. The molecule has 0 atom stereocenters. The number of nitrogens with two attached hydrogens (primary N) is 2. The maximum atomic E-state index is 11.9. The molecule has 3 aromatic rings. The summed E-state index contributed by atoms with van der Waals surface area (Å²) < 4.78 is 34.9. The van der Waals surface area contributed by atoms with Crippen molar-refractivity contribution in [1.29, 1.82) is 0 Å². The van der Waals surface area contributed by atoms with E-state index < -0.39 is 10.1 Å². The molecule has 0 bridgehead atoms. The van der Waals surface area contributed by atoms with Gasteiger partial charge in [0, 0.05) is 18.2 Å². The van der Waals surface area contributed by atoms with Crippen LogP contribution in [0.4, 0.5) is 11.8 Å². The Morgan fingerprint density at radius 1 is 1.10 bits per heavy atom. The van der Waals surface area contributed by atoms with Crippen molar-refractivity contribution < 1.29 is 22.4 Å². The molecule has 0 aliphatic heterocycles. The third-order valence-electron chi connectivity index (χ3n) is 4.13. The molecular weight excluding hydrogens is 408 g/mol. The number of hydrogen-bond acceptors (Lipinski definition) is 9. The predicted octanol–water partition coefficient (Wildman–Crippen LogP) is 2.34. The molecule has 0 spiro atoms. The number of phenolic OH excluding ortho intramolecular Hbond substituents is 1. The van der Waals surface area contributed by atoms with E-state index in [4.69, 9.17) is 20.4 Å². The van der Waals surface area contributed by atoms with Crippen molar-refractivity contribution in [2.24, 2.45) is 0 Å². The van der Waals surface area contributed by atoms with Gasteiger partial charge in [-0.1, -0.05) is 12.1 Å². The van der Waals surface area contributed by atoms with E-state index in [1.807, 2.05) is 6.92 Å². The third kappa shape index (κ3) is 5.09. The Balaban J connectivity index is 2.16.